The van der Waals surface area contributed by atoms with Crippen molar-refractivity contribution in [2.24, 2.45) is 4.99 Å². The summed E-state index contributed by atoms with van der Waals surface area (Å²) in [6.07, 6.45) is 0. The van der Waals surface area contributed by atoms with Crippen LogP contribution in [0.15, 0.2) is 70.6 Å². The van der Waals surface area contributed by atoms with Gasteiger partial charge in [0.15, 0.2) is 16.3 Å². The molecule has 0 radical (unpaired) electrons. The summed E-state index contributed by atoms with van der Waals surface area (Å²) in [4.78, 5) is 17.9. The molecule has 0 saturated heterocycles. The number of hydrogen-bond donors (Lipinski definition) is 1. The molecule has 1 heterocycles. The Morgan fingerprint density at radius 1 is 1.00 bits per heavy atom. The Labute approximate surface area is 222 Å². The van der Waals surface area contributed by atoms with Gasteiger partial charge < -0.3 is 18.8 Å². The fourth-order valence-corrected chi connectivity index (χ4v) is 5.79. The summed E-state index contributed by atoms with van der Waals surface area (Å²) in [6.45, 7) is 0.896. The number of anilines is 1. The van der Waals surface area contributed by atoms with Crippen LogP contribution in [0.2, 0.25) is 5.02 Å². The fraction of sp³-hybridized carbons (Fsp3) is 0.200. The number of ether oxygens (including phenoxy) is 3. The van der Waals surface area contributed by atoms with Crippen LogP contribution in [-0.2, 0) is 21.3 Å². The SMILES string of the molecule is COCCn1c(=NC(=O)c2ccc(NS(=O)(=O)c3ccc(Cl)cc3)cc2)sc2cc(OC)c(OC)cc21. The Balaban J connectivity index is 1.64. The lowest BCUT2D eigenvalue weighted by Crippen LogP contribution is -2.19. The number of fused-ring (bicyclic) bond motifs is 1. The van der Waals surface area contributed by atoms with E-state index in [1.54, 1.807) is 21.3 Å². The second-order valence-electron chi connectivity index (χ2n) is 7.76. The van der Waals surface area contributed by atoms with Crippen molar-refractivity contribution in [3.8, 4) is 11.5 Å². The number of carbonyl (C=O) groups excluding carboxylic acids is 1. The number of amides is 1. The van der Waals surface area contributed by atoms with Crippen LogP contribution in [0.3, 0.4) is 0 Å². The van der Waals surface area contributed by atoms with Crippen LogP contribution >= 0.6 is 22.9 Å². The highest BCUT2D eigenvalue weighted by Gasteiger charge is 2.16. The van der Waals surface area contributed by atoms with E-state index in [-0.39, 0.29) is 4.90 Å². The summed E-state index contributed by atoms with van der Waals surface area (Å²) in [5.41, 5.74) is 1.45. The number of nitrogens with zero attached hydrogens (tertiary/aromatic N) is 2. The summed E-state index contributed by atoms with van der Waals surface area (Å²) in [7, 11) is 0.916. The first-order valence-electron chi connectivity index (χ1n) is 11.0. The predicted molar refractivity (Wildman–Crippen MR) is 143 cm³/mol. The van der Waals surface area contributed by atoms with Gasteiger partial charge in [-0.2, -0.15) is 4.99 Å². The minimum atomic E-state index is -3.80. The first kappa shape index (κ1) is 26.7. The molecule has 4 rings (SSSR count). The van der Waals surface area contributed by atoms with Crippen LogP contribution in [0.25, 0.3) is 10.2 Å². The van der Waals surface area contributed by atoms with Crippen molar-refractivity contribution in [3.63, 3.8) is 0 Å². The van der Waals surface area contributed by atoms with Gasteiger partial charge >= 0.3 is 0 Å². The van der Waals surface area contributed by atoms with Crippen molar-refractivity contribution in [2.75, 3.05) is 32.7 Å². The number of aromatic nitrogens is 1. The number of thiazole rings is 1. The maximum Gasteiger partial charge on any atom is 0.279 e. The molecule has 4 aromatic rings. The third-order valence-electron chi connectivity index (χ3n) is 5.41. The molecule has 0 saturated carbocycles. The number of sulfonamides is 1. The molecule has 1 aromatic heterocycles. The number of nitrogens with one attached hydrogen (secondary N) is 1. The Morgan fingerprint density at radius 2 is 1.65 bits per heavy atom. The molecule has 0 fully saturated rings. The van der Waals surface area contributed by atoms with Gasteiger partial charge in [0.2, 0.25) is 0 Å². The van der Waals surface area contributed by atoms with E-state index in [1.165, 1.54) is 59.9 Å². The molecule has 0 aliphatic rings. The minimum absolute atomic E-state index is 0.0747. The third kappa shape index (κ3) is 5.96. The molecule has 12 heteroatoms. The van der Waals surface area contributed by atoms with E-state index >= 15 is 0 Å². The Hall–Kier alpha value is -3.38. The van der Waals surface area contributed by atoms with Crippen molar-refractivity contribution in [1.82, 2.24) is 4.57 Å². The van der Waals surface area contributed by atoms with E-state index in [2.05, 4.69) is 9.71 Å². The first-order valence-corrected chi connectivity index (χ1v) is 13.7. The molecular formula is C25H24ClN3O6S2. The quantitative estimate of drug-likeness (QED) is 0.321. The van der Waals surface area contributed by atoms with E-state index in [1.807, 2.05) is 16.7 Å². The van der Waals surface area contributed by atoms with Crippen LogP contribution in [0.5, 0.6) is 11.5 Å². The molecule has 0 aliphatic carbocycles. The molecule has 0 unspecified atom stereocenters. The number of carbonyl (C=O) groups is 1. The zero-order valence-electron chi connectivity index (χ0n) is 20.2. The number of hydrogen-bond acceptors (Lipinski definition) is 7. The molecule has 194 valence electrons. The van der Waals surface area contributed by atoms with E-state index in [9.17, 15) is 13.2 Å². The minimum Gasteiger partial charge on any atom is -0.493 e. The number of methoxy groups -OCH3 is 3. The van der Waals surface area contributed by atoms with Crippen molar-refractivity contribution < 1.29 is 27.4 Å². The highest BCUT2D eigenvalue weighted by Crippen LogP contribution is 2.33. The van der Waals surface area contributed by atoms with Crippen LogP contribution < -0.4 is 19.0 Å². The summed E-state index contributed by atoms with van der Waals surface area (Å²) >= 11 is 7.18. The normalized spacial score (nSPS) is 12.1. The van der Waals surface area contributed by atoms with Crippen molar-refractivity contribution in [3.05, 3.63) is 76.1 Å². The lowest BCUT2D eigenvalue weighted by molar-refractivity contribution is 0.0997. The largest absolute Gasteiger partial charge is 0.493 e. The maximum absolute atomic E-state index is 13.0. The van der Waals surface area contributed by atoms with Gasteiger partial charge in [0.05, 0.1) is 35.9 Å². The van der Waals surface area contributed by atoms with Gasteiger partial charge in [0.1, 0.15) is 0 Å². The van der Waals surface area contributed by atoms with E-state index in [0.717, 1.165) is 10.2 Å². The monoisotopic (exact) mass is 561 g/mol. The fourth-order valence-electron chi connectivity index (χ4n) is 3.54. The summed E-state index contributed by atoms with van der Waals surface area (Å²) < 4.78 is 46.5. The molecule has 9 nitrogen and oxygen atoms in total. The molecule has 1 N–H and O–H groups in total. The molecule has 37 heavy (non-hydrogen) atoms. The zero-order chi connectivity index (χ0) is 26.6. The third-order valence-corrected chi connectivity index (χ3v) is 8.10. The second kappa shape index (κ2) is 11.3. The Bertz CT molecular complexity index is 1590. The summed E-state index contributed by atoms with van der Waals surface area (Å²) in [5, 5.41) is 0.436. The van der Waals surface area contributed by atoms with Gasteiger partial charge in [-0.1, -0.05) is 22.9 Å². The highest BCUT2D eigenvalue weighted by atomic mass is 35.5. The average molecular weight is 562 g/mol. The molecule has 0 bridgehead atoms. The second-order valence-corrected chi connectivity index (χ2v) is 10.9. The smallest absolute Gasteiger partial charge is 0.279 e. The molecule has 1 amide bonds. The van der Waals surface area contributed by atoms with Crippen LogP contribution in [0, 0.1) is 0 Å². The van der Waals surface area contributed by atoms with E-state index < -0.39 is 15.9 Å². The summed E-state index contributed by atoms with van der Waals surface area (Å²) in [6, 6.07) is 15.6. The van der Waals surface area contributed by atoms with Crippen molar-refractivity contribution >= 4 is 54.8 Å². The molecule has 0 spiro atoms. The lowest BCUT2D eigenvalue weighted by Gasteiger charge is -2.09. The Kier molecular flexibility index (Phi) is 8.18. The van der Waals surface area contributed by atoms with Gasteiger partial charge in [-0.25, -0.2) is 8.42 Å². The predicted octanol–water partition coefficient (Wildman–Crippen LogP) is 4.56. The number of benzene rings is 3. The maximum atomic E-state index is 13.0. The number of rotatable bonds is 9. The van der Waals surface area contributed by atoms with Gasteiger partial charge in [0, 0.05) is 42.1 Å². The number of halogens is 1. The summed E-state index contributed by atoms with van der Waals surface area (Å²) in [5.74, 6) is 0.668. The van der Waals surface area contributed by atoms with Crippen LogP contribution in [-0.4, -0.2) is 46.8 Å². The standard InChI is InChI=1S/C25H24ClN3O6S2/c1-33-13-12-29-20-14-21(34-2)22(35-3)15-23(20)36-25(29)27-24(30)16-4-8-18(9-5-16)28-37(31,32)19-10-6-17(26)7-11-19/h4-11,14-15,28H,12-13H2,1-3H3. The van der Waals surface area contributed by atoms with Crippen molar-refractivity contribution in [1.29, 1.82) is 0 Å². The van der Waals surface area contributed by atoms with Gasteiger partial charge in [0.25, 0.3) is 15.9 Å². The lowest BCUT2D eigenvalue weighted by atomic mass is 10.2. The topological polar surface area (TPSA) is 108 Å². The molecular weight excluding hydrogens is 538 g/mol. The zero-order valence-corrected chi connectivity index (χ0v) is 22.6. The van der Waals surface area contributed by atoms with Gasteiger partial charge in [-0.3, -0.25) is 9.52 Å². The van der Waals surface area contributed by atoms with Crippen LogP contribution in [0.1, 0.15) is 10.4 Å². The highest BCUT2D eigenvalue weighted by molar-refractivity contribution is 7.92. The van der Waals surface area contributed by atoms with Crippen LogP contribution in [0.4, 0.5) is 5.69 Å². The van der Waals surface area contributed by atoms with E-state index in [4.69, 9.17) is 25.8 Å². The first-order chi connectivity index (χ1) is 17.7. The average Bonchev–Trinajstić information content (AvgIpc) is 3.22. The molecule has 3 aromatic carbocycles. The van der Waals surface area contributed by atoms with E-state index in [0.29, 0.717) is 45.7 Å². The molecule has 0 atom stereocenters. The Morgan fingerprint density at radius 3 is 2.27 bits per heavy atom. The molecule has 0 aliphatic heterocycles. The van der Waals surface area contributed by atoms with Gasteiger partial charge in [-0.15, -0.1) is 0 Å². The van der Waals surface area contributed by atoms with Gasteiger partial charge in [-0.05, 0) is 48.5 Å². The van der Waals surface area contributed by atoms with Crippen molar-refractivity contribution in [2.45, 2.75) is 11.4 Å².